The van der Waals surface area contributed by atoms with E-state index in [9.17, 15) is 4.39 Å². The first kappa shape index (κ1) is 13.3. The molecule has 1 aliphatic heterocycles. The van der Waals surface area contributed by atoms with Crippen LogP contribution >= 0.6 is 0 Å². The molecule has 1 unspecified atom stereocenters. The Morgan fingerprint density at radius 3 is 3.00 bits per heavy atom. The Labute approximate surface area is 108 Å². The number of benzene rings is 1. The van der Waals surface area contributed by atoms with E-state index in [0.29, 0.717) is 12.2 Å². The molecule has 0 amide bonds. The van der Waals surface area contributed by atoms with Crippen LogP contribution in [0.3, 0.4) is 0 Å². The van der Waals surface area contributed by atoms with Crippen LogP contribution in [0.25, 0.3) is 0 Å². The molecule has 0 aliphatic carbocycles. The maximum absolute atomic E-state index is 14.1. The van der Waals surface area contributed by atoms with Crippen molar-refractivity contribution in [3.8, 4) is 0 Å². The van der Waals surface area contributed by atoms with Crippen molar-refractivity contribution in [3.63, 3.8) is 0 Å². The van der Waals surface area contributed by atoms with Crippen molar-refractivity contribution in [2.75, 3.05) is 24.6 Å². The molecule has 2 atom stereocenters. The number of anilines is 1. The quantitative estimate of drug-likeness (QED) is 0.878. The molecule has 0 radical (unpaired) electrons. The predicted molar refractivity (Wildman–Crippen MR) is 71.2 cm³/mol. The van der Waals surface area contributed by atoms with Gasteiger partial charge in [-0.2, -0.15) is 0 Å². The van der Waals surface area contributed by atoms with Crippen LogP contribution in [0.1, 0.15) is 31.9 Å². The molecular weight excluding hydrogens is 231 g/mol. The number of para-hydroxylation sites is 1. The van der Waals surface area contributed by atoms with E-state index >= 15 is 0 Å². The number of hydrogen-bond acceptors (Lipinski definition) is 3. The Balaban J connectivity index is 2.36. The van der Waals surface area contributed by atoms with Crippen molar-refractivity contribution in [2.24, 2.45) is 5.73 Å². The fourth-order valence-electron chi connectivity index (χ4n) is 2.43. The zero-order valence-corrected chi connectivity index (χ0v) is 11.0. The van der Waals surface area contributed by atoms with Gasteiger partial charge in [-0.05, 0) is 31.9 Å². The number of rotatable bonds is 2. The number of ether oxygens (including phenoxy) is 1. The number of hydrogen-bond donors (Lipinski definition) is 1. The summed E-state index contributed by atoms with van der Waals surface area (Å²) < 4.78 is 19.7. The van der Waals surface area contributed by atoms with Gasteiger partial charge in [0.15, 0.2) is 0 Å². The van der Waals surface area contributed by atoms with Gasteiger partial charge in [0.05, 0.1) is 11.8 Å². The molecule has 1 aromatic rings. The Morgan fingerprint density at radius 2 is 2.28 bits per heavy atom. The second-order valence-corrected chi connectivity index (χ2v) is 4.95. The summed E-state index contributed by atoms with van der Waals surface area (Å²) in [4.78, 5) is 2.06. The maximum atomic E-state index is 14.1. The van der Waals surface area contributed by atoms with E-state index in [1.807, 2.05) is 19.9 Å². The topological polar surface area (TPSA) is 38.5 Å². The highest BCUT2D eigenvalue weighted by Crippen LogP contribution is 2.29. The summed E-state index contributed by atoms with van der Waals surface area (Å²) in [6.45, 7) is 6.16. The zero-order valence-electron chi connectivity index (χ0n) is 11.0. The molecule has 3 nitrogen and oxygen atoms in total. The molecule has 1 fully saturated rings. The second-order valence-electron chi connectivity index (χ2n) is 4.95. The summed E-state index contributed by atoms with van der Waals surface area (Å²) in [5.41, 5.74) is 7.45. The highest BCUT2D eigenvalue weighted by atomic mass is 19.1. The fourth-order valence-corrected chi connectivity index (χ4v) is 2.43. The Morgan fingerprint density at radius 1 is 1.50 bits per heavy atom. The summed E-state index contributed by atoms with van der Waals surface area (Å²) in [7, 11) is 0. The standard InChI is InChI=1S/C14H21FN2O/c1-10-9-17(7-4-8-18-10)14-12(11(2)16)5-3-6-13(14)15/h3,5-6,10-11H,4,7-9,16H2,1-2H3/t10?,11-/m0/s1. The molecule has 0 saturated carbocycles. The Bertz CT molecular complexity index is 409. The second kappa shape index (κ2) is 5.67. The first-order valence-electron chi connectivity index (χ1n) is 6.50. The van der Waals surface area contributed by atoms with Crippen LogP contribution in [-0.2, 0) is 4.74 Å². The lowest BCUT2D eigenvalue weighted by atomic mass is 10.0. The van der Waals surface area contributed by atoms with Crippen LogP contribution < -0.4 is 10.6 Å². The molecule has 100 valence electrons. The zero-order chi connectivity index (χ0) is 13.1. The third kappa shape index (κ3) is 2.82. The third-order valence-electron chi connectivity index (χ3n) is 3.28. The van der Waals surface area contributed by atoms with Gasteiger partial charge < -0.3 is 15.4 Å². The Kier molecular flexibility index (Phi) is 4.19. The molecule has 1 saturated heterocycles. The molecule has 18 heavy (non-hydrogen) atoms. The monoisotopic (exact) mass is 252 g/mol. The number of nitrogens with zero attached hydrogens (tertiary/aromatic N) is 1. The fraction of sp³-hybridized carbons (Fsp3) is 0.571. The maximum Gasteiger partial charge on any atom is 0.146 e. The molecular formula is C14H21FN2O. The smallest absolute Gasteiger partial charge is 0.146 e. The summed E-state index contributed by atoms with van der Waals surface area (Å²) >= 11 is 0. The predicted octanol–water partition coefficient (Wildman–Crippen LogP) is 2.46. The lowest BCUT2D eigenvalue weighted by molar-refractivity contribution is 0.0820. The highest BCUT2D eigenvalue weighted by molar-refractivity contribution is 5.56. The van der Waals surface area contributed by atoms with Gasteiger partial charge in [-0.1, -0.05) is 12.1 Å². The third-order valence-corrected chi connectivity index (χ3v) is 3.28. The van der Waals surface area contributed by atoms with Crippen molar-refractivity contribution in [3.05, 3.63) is 29.6 Å². The largest absolute Gasteiger partial charge is 0.377 e. The van der Waals surface area contributed by atoms with E-state index in [2.05, 4.69) is 4.90 Å². The summed E-state index contributed by atoms with van der Waals surface area (Å²) in [5.74, 6) is -0.195. The highest BCUT2D eigenvalue weighted by Gasteiger charge is 2.21. The minimum atomic E-state index is -0.195. The minimum Gasteiger partial charge on any atom is -0.377 e. The van der Waals surface area contributed by atoms with Crippen molar-refractivity contribution < 1.29 is 9.13 Å². The van der Waals surface area contributed by atoms with Crippen LogP contribution in [0.15, 0.2) is 18.2 Å². The number of halogens is 1. The lowest BCUT2D eigenvalue weighted by Gasteiger charge is -2.28. The average Bonchev–Trinajstić information content (AvgIpc) is 2.53. The van der Waals surface area contributed by atoms with Crippen molar-refractivity contribution in [1.82, 2.24) is 0 Å². The van der Waals surface area contributed by atoms with E-state index in [0.717, 1.165) is 25.1 Å². The lowest BCUT2D eigenvalue weighted by Crippen LogP contribution is -2.32. The van der Waals surface area contributed by atoms with Crippen LogP contribution in [0.5, 0.6) is 0 Å². The van der Waals surface area contributed by atoms with Gasteiger partial charge in [0.2, 0.25) is 0 Å². The number of nitrogens with two attached hydrogens (primary N) is 1. The van der Waals surface area contributed by atoms with Gasteiger partial charge in [-0.3, -0.25) is 0 Å². The first-order valence-corrected chi connectivity index (χ1v) is 6.50. The Hall–Kier alpha value is -1.13. The molecule has 2 N–H and O–H groups in total. The summed E-state index contributed by atoms with van der Waals surface area (Å²) in [6, 6.07) is 4.95. The first-order chi connectivity index (χ1) is 8.59. The molecule has 1 aromatic carbocycles. The van der Waals surface area contributed by atoms with Crippen LogP contribution in [0, 0.1) is 5.82 Å². The van der Waals surface area contributed by atoms with Crippen molar-refractivity contribution in [2.45, 2.75) is 32.4 Å². The van der Waals surface area contributed by atoms with Gasteiger partial charge in [0, 0.05) is 25.7 Å². The minimum absolute atomic E-state index is 0.119. The molecule has 1 aliphatic rings. The summed E-state index contributed by atoms with van der Waals surface area (Å²) in [6.07, 6.45) is 1.03. The molecule has 2 rings (SSSR count). The molecule has 0 spiro atoms. The van der Waals surface area contributed by atoms with Gasteiger partial charge in [0.25, 0.3) is 0 Å². The molecule has 0 aromatic heterocycles. The van der Waals surface area contributed by atoms with Crippen LogP contribution in [0.2, 0.25) is 0 Å². The van der Waals surface area contributed by atoms with Gasteiger partial charge >= 0.3 is 0 Å². The van der Waals surface area contributed by atoms with Gasteiger partial charge in [-0.15, -0.1) is 0 Å². The van der Waals surface area contributed by atoms with Crippen LogP contribution in [0.4, 0.5) is 10.1 Å². The van der Waals surface area contributed by atoms with E-state index in [-0.39, 0.29) is 18.0 Å². The average molecular weight is 252 g/mol. The van der Waals surface area contributed by atoms with Crippen LogP contribution in [-0.4, -0.2) is 25.8 Å². The van der Waals surface area contributed by atoms with Crippen molar-refractivity contribution in [1.29, 1.82) is 0 Å². The normalized spacial score (nSPS) is 22.7. The van der Waals surface area contributed by atoms with E-state index < -0.39 is 0 Å². The van der Waals surface area contributed by atoms with E-state index in [1.54, 1.807) is 6.07 Å². The molecule has 4 heteroatoms. The van der Waals surface area contributed by atoms with E-state index in [1.165, 1.54) is 6.07 Å². The van der Waals surface area contributed by atoms with Gasteiger partial charge in [0.1, 0.15) is 5.82 Å². The van der Waals surface area contributed by atoms with E-state index in [4.69, 9.17) is 10.5 Å². The molecule has 1 heterocycles. The SMILES string of the molecule is CC1CN(c2c(F)cccc2[C@H](C)N)CCCO1. The van der Waals surface area contributed by atoms with Gasteiger partial charge in [-0.25, -0.2) is 4.39 Å². The molecule has 0 bridgehead atoms. The summed E-state index contributed by atoms with van der Waals surface area (Å²) in [5, 5.41) is 0. The van der Waals surface area contributed by atoms with Crippen molar-refractivity contribution >= 4 is 5.69 Å².